The zero-order valence-corrected chi connectivity index (χ0v) is 14.6. The molecule has 2 rings (SSSR count). The predicted molar refractivity (Wildman–Crippen MR) is 94.7 cm³/mol. The first kappa shape index (κ1) is 18.5. The van der Waals surface area contributed by atoms with Crippen molar-refractivity contribution in [2.45, 2.75) is 19.3 Å². The van der Waals surface area contributed by atoms with Crippen LogP contribution < -0.4 is 20.1 Å². The summed E-state index contributed by atoms with van der Waals surface area (Å²) in [6, 6.07) is 7.46. The minimum Gasteiger partial charge on any atom is -0.497 e. The summed E-state index contributed by atoms with van der Waals surface area (Å²) in [6.45, 7) is 6.71. The van der Waals surface area contributed by atoms with E-state index in [-0.39, 0.29) is 5.91 Å². The topological polar surface area (TPSA) is 62.8 Å². The van der Waals surface area contributed by atoms with E-state index in [1.807, 2.05) is 24.3 Å². The summed E-state index contributed by atoms with van der Waals surface area (Å²) in [7, 11) is 1.64. The lowest BCUT2D eigenvalue weighted by Gasteiger charge is -2.27. The normalized spacial score (nSPS) is 15.0. The molecule has 0 aliphatic carbocycles. The van der Waals surface area contributed by atoms with E-state index in [0.717, 1.165) is 63.6 Å². The number of nitrogens with one attached hydrogen (secondary N) is 2. The minimum absolute atomic E-state index is 0.105. The molecule has 1 heterocycles. The van der Waals surface area contributed by atoms with Gasteiger partial charge in [-0.25, -0.2) is 0 Å². The van der Waals surface area contributed by atoms with Crippen LogP contribution in [0.5, 0.6) is 11.5 Å². The van der Waals surface area contributed by atoms with Gasteiger partial charge in [0.1, 0.15) is 11.5 Å². The van der Waals surface area contributed by atoms with E-state index in [4.69, 9.17) is 9.47 Å². The van der Waals surface area contributed by atoms with E-state index < -0.39 is 0 Å². The van der Waals surface area contributed by atoms with Gasteiger partial charge in [-0.1, -0.05) is 0 Å². The number of nitrogens with zero attached hydrogens (tertiary/aromatic N) is 1. The Morgan fingerprint density at radius 2 is 1.88 bits per heavy atom. The van der Waals surface area contributed by atoms with E-state index in [2.05, 4.69) is 15.5 Å². The van der Waals surface area contributed by atoms with E-state index in [9.17, 15) is 4.79 Å². The quantitative estimate of drug-likeness (QED) is 0.631. The van der Waals surface area contributed by atoms with Crippen molar-refractivity contribution in [3.8, 4) is 11.5 Å². The van der Waals surface area contributed by atoms with Gasteiger partial charge in [0, 0.05) is 39.1 Å². The summed E-state index contributed by atoms with van der Waals surface area (Å²) in [4.78, 5) is 14.2. The number of rotatable bonds is 10. The molecule has 24 heavy (non-hydrogen) atoms. The minimum atomic E-state index is 0.105. The smallest absolute Gasteiger partial charge is 0.220 e. The first-order chi connectivity index (χ1) is 11.8. The van der Waals surface area contributed by atoms with Gasteiger partial charge < -0.3 is 25.0 Å². The van der Waals surface area contributed by atoms with Crippen LogP contribution in [0.25, 0.3) is 0 Å². The zero-order valence-electron chi connectivity index (χ0n) is 14.6. The molecule has 0 aromatic heterocycles. The molecule has 0 radical (unpaired) electrons. The van der Waals surface area contributed by atoms with Crippen LogP contribution in [0.3, 0.4) is 0 Å². The average molecular weight is 335 g/mol. The van der Waals surface area contributed by atoms with Crippen LogP contribution in [0.4, 0.5) is 0 Å². The van der Waals surface area contributed by atoms with Gasteiger partial charge in [-0.05, 0) is 43.7 Å². The summed E-state index contributed by atoms with van der Waals surface area (Å²) < 4.78 is 10.7. The van der Waals surface area contributed by atoms with Crippen molar-refractivity contribution in [3.05, 3.63) is 24.3 Å². The van der Waals surface area contributed by atoms with Gasteiger partial charge >= 0.3 is 0 Å². The third-order valence-electron chi connectivity index (χ3n) is 4.06. The average Bonchev–Trinajstić information content (AvgIpc) is 2.64. The van der Waals surface area contributed by atoms with E-state index in [0.29, 0.717) is 13.0 Å². The summed E-state index contributed by atoms with van der Waals surface area (Å²) >= 11 is 0. The first-order valence-corrected chi connectivity index (χ1v) is 8.74. The summed E-state index contributed by atoms with van der Waals surface area (Å²) in [6.07, 6.45) is 2.23. The molecule has 1 aromatic carbocycles. The second-order valence-corrected chi connectivity index (χ2v) is 5.92. The Morgan fingerprint density at radius 1 is 1.17 bits per heavy atom. The Kier molecular flexibility index (Phi) is 8.41. The fourth-order valence-corrected chi connectivity index (χ4v) is 2.65. The molecule has 0 atom stereocenters. The number of carbonyl (C=O) groups is 1. The number of methoxy groups -OCH3 is 1. The third-order valence-corrected chi connectivity index (χ3v) is 4.06. The van der Waals surface area contributed by atoms with E-state index >= 15 is 0 Å². The number of carbonyl (C=O) groups excluding carboxylic acids is 1. The second kappa shape index (κ2) is 10.9. The number of hydrogen-bond acceptors (Lipinski definition) is 5. The lowest BCUT2D eigenvalue weighted by Crippen LogP contribution is -2.44. The molecule has 1 aromatic rings. The van der Waals surface area contributed by atoms with Crippen LogP contribution in [-0.2, 0) is 4.79 Å². The highest BCUT2D eigenvalue weighted by Gasteiger charge is 2.08. The molecule has 2 N–H and O–H groups in total. The predicted octanol–water partition coefficient (Wildman–Crippen LogP) is 1.27. The van der Waals surface area contributed by atoms with Crippen molar-refractivity contribution in [1.29, 1.82) is 0 Å². The molecule has 0 bridgehead atoms. The van der Waals surface area contributed by atoms with Gasteiger partial charge in [-0.3, -0.25) is 4.79 Å². The van der Waals surface area contributed by atoms with Crippen molar-refractivity contribution in [3.63, 3.8) is 0 Å². The van der Waals surface area contributed by atoms with Gasteiger partial charge in [0.15, 0.2) is 0 Å². The first-order valence-electron chi connectivity index (χ1n) is 8.74. The molecule has 0 unspecified atom stereocenters. The Morgan fingerprint density at radius 3 is 2.58 bits per heavy atom. The lowest BCUT2D eigenvalue weighted by molar-refractivity contribution is -0.121. The number of ether oxygens (including phenoxy) is 2. The van der Waals surface area contributed by atoms with Crippen molar-refractivity contribution in [2.75, 3.05) is 53.0 Å². The van der Waals surface area contributed by atoms with Crippen LogP contribution >= 0.6 is 0 Å². The van der Waals surface area contributed by atoms with Crippen molar-refractivity contribution in [2.24, 2.45) is 0 Å². The molecule has 1 aliphatic rings. The van der Waals surface area contributed by atoms with E-state index in [1.165, 1.54) is 0 Å². The lowest BCUT2D eigenvalue weighted by atomic mass is 10.3. The highest BCUT2D eigenvalue weighted by atomic mass is 16.5. The van der Waals surface area contributed by atoms with Crippen LogP contribution in [-0.4, -0.2) is 63.8 Å². The van der Waals surface area contributed by atoms with Crippen LogP contribution in [0.2, 0.25) is 0 Å². The Bertz CT molecular complexity index is 473. The maximum atomic E-state index is 11.8. The molecule has 0 spiro atoms. The van der Waals surface area contributed by atoms with E-state index in [1.54, 1.807) is 7.11 Å². The fraction of sp³-hybridized carbons (Fsp3) is 0.611. The number of piperazine rings is 1. The van der Waals surface area contributed by atoms with Gasteiger partial charge in [0.2, 0.25) is 5.91 Å². The van der Waals surface area contributed by atoms with Crippen molar-refractivity contribution in [1.82, 2.24) is 15.5 Å². The SMILES string of the molecule is COc1ccc(OCCCC(=O)NCCCN2CCNCC2)cc1. The van der Waals surface area contributed by atoms with Gasteiger partial charge in [0.25, 0.3) is 0 Å². The number of hydrogen-bond donors (Lipinski definition) is 2. The highest BCUT2D eigenvalue weighted by molar-refractivity contribution is 5.75. The van der Waals surface area contributed by atoms with Gasteiger partial charge in [-0.2, -0.15) is 0 Å². The fourth-order valence-electron chi connectivity index (χ4n) is 2.65. The number of benzene rings is 1. The molecular formula is C18H29N3O3. The van der Waals surface area contributed by atoms with Crippen LogP contribution in [0.1, 0.15) is 19.3 Å². The molecule has 134 valence electrons. The van der Waals surface area contributed by atoms with Gasteiger partial charge in [-0.15, -0.1) is 0 Å². The number of amides is 1. The summed E-state index contributed by atoms with van der Waals surface area (Å²) in [5, 5.41) is 6.32. The highest BCUT2D eigenvalue weighted by Crippen LogP contribution is 2.17. The van der Waals surface area contributed by atoms with Crippen LogP contribution in [0.15, 0.2) is 24.3 Å². The second-order valence-electron chi connectivity index (χ2n) is 5.92. The summed E-state index contributed by atoms with van der Waals surface area (Å²) in [5.74, 6) is 1.71. The Labute approximate surface area is 144 Å². The monoisotopic (exact) mass is 335 g/mol. The molecule has 6 heteroatoms. The Hall–Kier alpha value is -1.79. The maximum Gasteiger partial charge on any atom is 0.220 e. The largest absolute Gasteiger partial charge is 0.497 e. The standard InChI is InChI=1S/C18H29N3O3/c1-23-16-5-7-17(8-6-16)24-15-2-4-18(22)20-9-3-12-21-13-10-19-11-14-21/h5-8,19H,2-4,9-15H2,1H3,(H,20,22). The molecule has 1 saturated heterocycles. The summed E-state index contributed by atoms with van der Waals surface area (Å²) in [5.41, 5.74) is 0. The zero-order chi connectivity index (χ0) is 17.0. The van der Waals surface area contributed by atoms with Crippen LogP contribution in [0, 0.1) is 0 Å². The molecule has 1 amide bonds. The maximum absolute atomic E-state index is 11.8. The third kappa shape index (κ3) is 7.19. The van der Waals surface area contributed by atoms with Gasteiger partial charge in [0.05, 0.1) is 13.7 Å². The van der Waals surface area contributed by atoms with Crippen molar-refractivity contribution >= 4 is 5.91 Å². The Balaban J connectivity index is 1.47. The molecule has 0 saturated carbocycles. The molecular weight excluding hydrogens is 306 g/mol. The molecule has 1 fully saturated rings. The molecule has 6 nitrogen and oxygen atoms in total. The molecule has 1 aliphatic heterocycles. The van der Waals surface area contributed by atoms with Crippen molar-refractivity contribution < 1.29 is 14.3 Å².